The normalized spacial score (nSPS) is 9.80. The van der Waals surface area contributed by atoms with Gasteiger partial charge in [0, 0.05) is 16.7 Å². The van der Waals surface area contributed by atoms with Crippen LogP contribution in [0.2, 0.25) is 0 Å². The van der Waals surface area contributed by atoms with Crippen LogP contribution in [0.4, 0.5) is 10.5 Å². The molecule has 0 aliphatic heterocycles. The van der Waals surface area contributed by atoms with Gasteiger partial charge in [-0.3, -0.25) is 0 Å². The SMILES string of the molecule is CCNC(=O)Nc1ccc(Br)cc1CC. The molecule has 2 amide bonds. The third-order valence-electron chi connectivity index (χ3n) is 2.03. The van der Waals surface area contributed by atoms with Crippen molar-refractivity contribution >= 4 is 27.6 Å². The molecular weight excluding hydrogens is 256 g/mol. The zero-order chi connectivity index (χ0) is 11.3. The number of aryl methyl sites for hydroxylation is 1. The van der Waals surface area contributed by atoms with E-state index in [9.17, 15) is 4.79 Å². The molecule has 1 rings (SSSR count). The van der Waals surface area contributed by atoms with Gasteiger partial charge in [-0.05, 0) is 37.1 Å². The summed E-state index contributed by atoms with van der Waals surface area (Å²) in [4.78, 5) is 11.3. The first kappa shape index (κ1) is 12.0. The first-order chi connectivity index (χ1) is 7.17. The van der Waals surface area contributed by atoms with Crippen molar-refractivity contribution in [1.29, 1.82) is 0 Å². The number of carbonyl (C=O) groups excluding carboxylic acids is 1. The molecule has 0 atom stereocenters. The van der Waals surface area contributed by atoms with E-state index in [0.29, 0.717) is 6.54 Å². The van der Waals surface area contributed by atoms with Crippen LogP contribution in [0.1, 0.15) is 19.4 Å². The number of nitrogens with one attached hydrogen (secondary N) is 2. The second-order valence-electron chi connectivity index (χ2n) is 3.14. The Kier molecular flexibility index (Phi) is 4.62. The van der Waals surface area contributed by atoms with Crippen molar-refractivity contribution in [3.63, 3.8) is 0 Å². The minimum Gasteiger partial charge on any atom is -0.338 e. The standard InChI is InChI=1S/C11H15BrN2O/c1-3-8-7-9(12)5-6-10(8)14-11(15)13-4-2/h5-7H,3-4H2,1-2H3,(H2,13,14,15). The topological polar surface area (TPSA) is 41.1 Å². The lowest BCUT2D eigenvalue weighted by Crippen LogP contribution is -2.28. The number of hydrogen-bond acceptors (Lipinski definition) is 1. The molecule has 0 bridgehead atoms. The molecule has 0 spiro atoms. The molecule has 0 saturated carbocycles. The van der Waals surface area contributed by atoms with Crippen molar-refractivity contribution in [1.82, 2.24) is 5.32 Å². The van der Waals surface area contributed by atoms with E-state index in [0.717, 1.165) is 22.1 Å². The number of carbonyl (C=O) groups is 1. The van der Waals surface area contributed by atoms with E-state index in [2.05, 4.69) is 33.5 Å². The number of rotatable bonds is 3. The third kappa shape index (κ3) is 3.55. The fourth-order valence-electron chi connectivity index (χ4n) is 1.30. The molecule has 0 saturated heterocycles. The van der Waals surface area contributed by atoms with Crippen LogP contribution in [0.3, 0.4) is 0 Å². The Morgan fingerprint density at radius 3 is 2.73 bits per heavy atom. The van der Waals surface area contributed by atoms with E-state index in [1.165, 1.54) is 0 Å². The van der Waals surface area contributed by atoms with E-state index in [1.807, 2.05) is 25.1 Å². The summed E-state index contributed by atoms with van der Waals surface area (Å²) in [6.45, 7) is 4.58. The van der Waals surface area contributed by atoms with Crippen LogP contribution in [0, 0.1) is 0 Å². The van der Waals surface area contributed by atoms with Gasteiger partial charge in [0.1, 0.15) is 0 Å². The number of urea groups is 1. The molecule has 0 fully saturated rings. The zero-order valence-electron chi connectivity index (χ0n) is 8.93. The highest BCUT2D eigenvalue weighted by atomic mass is 79.9. The lowest BCUT2D eigenvalue weighted by molar-refractivity contribution is 0.252. The first-order valence-corrected chi connectivity index (χ1v) is 5.80. The van der Waals surface area contributed by atoms with E-state index in [4.69, 9.17) is 0 Å². The van der Waals surface area contributed by atoms with Gasteiger partial charge < -0.3 is 10.6 Å². The van der Waals surface area contributed by atoms with Gasteiger partial charge in [-0.25, -0.2) is 4.79 Å². The maximum absolute atomic E-state index is 11.3. The van der Waals surface area contributed by atoms with E-state index in [-0.39, 0.29) is 6.03 Å². The van der Waals surface area contributed by atoms with Crippen LogP contribution in [-0.4, -0.2) is 12.6 Å². The van der Waals surface area contributed by atoms with Gasteiger partial charge in [0.25, 0.3) is 0 Å². The van der Waals surface area contributed by atoms with E-state index >= 15 is 0 Å². The van der Waals surface area contributed by atoms with Crippen LogP contribution in [0.5, 0.6) is 0 Å². The molecule has 0 unspecified atom stereocenters. The Morgan fingerprint density at radius 1 is 1.40 bits per heavy atom. The van der Waals surface area contributed by atoms with Crippen molar-refractivity contribution in [2.45, 2.75) is 20.3 Å². The quantitative estimate of drug-likeness (QED) is 0.871. The monoisotopic (exact) mass is 270 g/mol. The average molecular weight is 271 g/mol. The maximum Gasteiger partial charge on any atom is 0.319 e. The summed E-state index contributed by atoms with van der Waals surface area (Å²) < 4.78 is 1.03. The van der Waals surface area contributed by atoms with Crippen molar-refractivity contribution < 1.29 is 4.79 Å². The van der Waals surface area contributed by atoms with E-state index in [1.54, 1.807) is 0 Å². The average Bonchev–Trinajstić information content (AvgIpc) is 2.21. The van der Waals surface area contributed by atoms with Gasteiger partial charge >= 0.3 is 6.03 Å². The largest absolute Gasteiger partial charge is 0.338 e. The Hall–Kier alpha value is -1.03. The molecule has 2 N–H and O–H groups in total. The number of hydrogen-bond donors (Lipinski definition) is 2. The summed E-state index contributed by atoms with van der Waals surface area (Å²) in [5.41, 5.74) is 1.99. The summed E-state index contributed by atoms with van der Waals surface area (Å²) in [6, 6.07) is 5.68. The second-order valence-corrected chi connectivity index (χ2v) is 4.06. The molecule has 0 radical (unpaired) electrons. The molecule has 82 valence electrons. The van der Waals surface area contributed by atoms with Crippen LogP contribution in [0.15, 0.2) is 22.7 Å². The van der Waals surface area contributed by atoms with Gasteiger partial charge in [-0.1, -0.05) is 22.9 Å². The molecule has 0 aliphatic rings. The fraction of sp³-hybridized carbons (Fsp3) is 0.364. The lowest BCUT2D eigenvalue weighted by Gasteiger charge is -2.10. The minimum absolute atomic E-state index is 0.158. The molecule has 1 aromatic carbocycles. The number of amides is 2. The van der Waals surface area contributed by atoms with Gasteiger partial charge in [0.2, 0.25) is 0 Å². The Labute approximate surface area is 98.4 Å². The number of benzene rings is 1. The van der Waals surface area contributed by atoms with Gasteiger partial charge in [-0.15, -0.1) is 0 Å². The highest BCUT2D eigenvalue weighted by Crippen LogP contribution is 2.21. The number of anilines is 1. The molecule has 15 heavy (non-hydrogen) atoms. The van der Waals surface area contributed by atoms with Crippen molar-refractivity contribution in [3.8, 4) is 0 Å². The maximum atomic E-state index is 11.3. The highest BCUT2D eigenvalue weighted by Gasteiger charge is 2.04. The van der Waals surface area contributed by atoms with Crippen molar-refractivity contribution in [3.05, 3.63) is 28.2 Å². The lowest BCUT2D eigenvalue weighted by atomic mass is 10.1. The fourth-order valence-corrected chi connectivity index (χ4v) is 1.71. The van der Waals surface area contributed by atoms with Crippen LogP contribution >= 0.6 is 15.9 Å². The molecule has 0 aliphatic carbocycles. The van der Waals surface area contributed by atoms with Gasteiger partial charge in [-0.2, -0.15) is 0 Å². The molecule has 4 heteroatoms. The molecule has 0 aromatic heterocycles. The molecule has 1 aromatic rings. The third-order valence-corrected chi connectivity index (χ3v) is 2.53. The van der Waals surface area contributed by atoms with Crippen LogP contribution in [-0.2, 0) is 6.42 Å². The highest BCUT2D eigenvalue weighted by molar-refractivity contribution is 9.10. The summed E-state index contributed by atoms with van der Waals surface area (Å²) in [5, 5.41) is 5.52. The predicted octanol–water partition coefficient (Wildman–Crippen LogP) is 3.15. The Balaban J connectivity index is 2.80. The van der Waals surface area contributed by atoms with E-state index < -0.39 is 0 Å². The van der Waals surface area contributed by atoms with Crippen LogP contribution in [0.25, 0.3) is 0 Å². The number of halogens is 1. The Morgan fingerprint density at radius 2 is 2.13 bits per heavy atom. The summed E-state index contributed by atoms with van der Waals surface area (Å²) >= 11 is 3.41. The molecule has 3 nitrogen and oxygen atoms in total. The zero-order valence-corrected chi connectivity index (χ0v) is 10.5. The second kappa shape index (κ2) is 5.75. The van der Waals surface area contributed by atoms with Gasteiger partial charge in [0.05, 0.1) is 0 Å². The van der Waals surface area contributed by atoms with Gasteiger partial charge in [0.15, 0.2) is 0 Å². The summed E-state index contributed by atoms with van der Waals surface area (Å²) in [5.74, 6) is 0. The van der Waals surface area contributed by atoms with Crippen molar-refractivity contribution in [2.24, 2.45) is 0 Å². The Bertz CT molecular complexity index is 352. The smallest absolute Gasteiger partial charge is 0.319 e. The van der Waals surface area contributed by atoms with Crippen molar-refractivity contribution in [2.75, 3.05) is 11.9 Å². The molecular formula is C11H15BrN2O. The summed E-state index contributed by atoms with van der Waals surface area (Å²) in [7, 11) is 0. The summed E-state index contributed by atoms with van der Waals surface area (Å²) in [6.07, 6.45) is 0.890. The molecule has 0 heterocycles. The van der Waals surface area contributed by atoms with Crippen LogP contribution < -0.4 is 10.6 Å². The first-order valence-electron chi connectivity index (χ1n) is 5.00. The predicted molar refractivity (Wildman–Crippen MR) is 66.2 cm³/mol. The minimum atomic E-state index is -0.158.